The number of alkyl halides is 3. The summed E-state index contributed by atoms with van der Waals surface area (Å²) < 4.78 is 55.4. The van der Waals surface area contributed by atoms with Gasteiger partial charge in [0.1, 0.15) is 5.75 Å². The minimum absolute atomic E-state index is 0.521. The molecule has 0 atom stereocenters. The molecule has 0 N–H and O–H groups in total. The topological polar surface area (TPSA) is 34.1 Å². The van der Waals surface area contributed by atoms with E-state index in [0.29, 0.717) is 0 Å². The van der Waals surface area contributed by atoms with E-state index in [1.807, 2.05) is 0 Å². The van der Waals surface area contributed by atoms with Crippen molar-refractivity contribution in [1.82, 2.24) is 0 Å². The lowest BCUT2D eigenvalue weighted by atomic mass is 10.6. The van der Waals surface area contributed by atoms with Gasteiger partial charge in [-0.15, -0.1) is 0 Å². The average Bonchev–Trinajstić information content (AvgIpc) is 1.55. The zero-order chi connectivity index (χ0) is 9.12. The Morgan fingerprint density at radius 2 is 1.82 bits per heavy atom. The van der Waals surface area contributed by atoms with Gasteiger partial charge in [-0.3, -0.25) is 0 Å². The Morgan fingerprint density at radius 3 is 2.09 bits per heavy atom. The first-order valence-electron chi connectivity index (χ1n) is 2.82. The van der Waals surface area contributed by atoms with Crippen LogP contribution in [0.4, 0.5) is 13.2 Å². The van der Waals surface area contributed by atoms with E-state index in [9.17, 15) is 21.6 Å². The lowest BCUT2D eigenvalue weighted by molar-refractivity contribution is -0.106. The van der Waals surface area contributed by atoms with Crippen molar-refractivity contribution in [1.29, 1.82) is 0 Å². The molecule has 0 heterocycles. The minimum atomic E-state index is -4.62. The van der Waals surface area contributed by atoms with Gasteiger partial charge in [0.05, 0.1) is 5.75 Å². The first-order valence-corrected chi connectivity index (χ1v) is 4.64. The molecule has 2 nitrogen and oxygen atoms in total. The highest BCUT2D eigenvalue weighted by molar-refractivity contribution is 7.91. The Labute approximate surface area is 63.3 Å². The summed E-state index contributed by atoms with van der Waals surface area (Å²) in [6.07, 6.45) is -3.44. The highest BCUT2D eigenvalue weighted by Gasteiger charge is 2.34. The van der Waals surface area contributed by atoms with E-state index in [-0.39, 0.29) is 0 Å². The molecular formula is C5H8F3O2S. The average molecular weight is 189 g/mol. The number of halogens is 3. The zero-order valence-corrected chi connectivity index (χ0v) is 6.67. The second-order valence-electron chi connectivity index (χ2n) is 2.08. The molecule has 1 radical (unpaired) electrons. The molecule has 0 spiro atoms. The van der Waals surface area contributed by atoms with Crippen molar-refractivity contribution in [2.75, 3.05) is 11.5 Å². The van der Waals surface area contributed by atoms with Crippen LogP contribution in [0.5, 0.6) is 0 Å². The van der Waals surface area contributed by atoms with Crippen LogP contribution < -0.4 is 0 Å². The summed E-state index contributed by atoms with van der Waals surface area (Å²) >= 11 is 0. The molecule has 0 aromatic heterocycles. The van der Waals surface area contributed by atoms with Crippen LogP contribution in [0.2, 0.25) is 0 Å². The van der Waals surface area contributed by atoms with Gasteiger partial charge in [-0.05, 0) is 6.42 Å². The van der Waals surface area contributed by atoms with Gasteiger partial charge in [-0.2, -0.15) is 13.2 Å². The van der Waals surface area contributed by atoms with Gasteiger partial charge in [0.25, 0.3) is 0 Å². The van der Waals surface area contributed by atoms with Crippen molar-refractivity contribution in [3.63, 3.8) is 0 Å². The lowest BCUT2D eigenvalue weighted by Gasteiger charge is -2.05. The largest absolute Gasteiger partial charge is 0.402 e. The van der Waals surface area contributed by atoms with E-state index < -0.39 is 27.5 Å². The molecule has 0 unspecified atom stereocenters. The van der Waals surface area contributed by atoms with Crippen molar-refractivity contribution in [2.45, 2.75) is 13.1 Å². The fraction of sp³-hybridized carbons (Fsp3) is 0.800. The Bertz CT molecular complexity index is 204. The van der Waals surface area contributed by atoms with E-state index in [4.69, 9.17) is 0 Å². The van der Waals surface area contributed by atoms with Crippen LogP contribution in [0.3, 0.4) is 0 Å². The third-order valence-electron chi connectivity index (χ3n) is 0.804. The van der Waals surface area contributed by atoms with Crippen molar-refractivity contribution >= 4 is 9.84 Å². The zero-order valence-electron chi connectivity index (χ0n) is 5.85. The van der Waals surface area contributed by atoms with Gasteiger partial charge >= 0.3 is 6.18 Å². The summed E-state index contributed by atoms with van der Waals surface area (Å²) in [7, 11) is -3.97. The predicted octanol–water partition coefficient (Wildman–Crippen LogP) is 1.19. The fourth-order valence-electron chi connectivity index (χ4n) is 0.562. The molecule has 0 aromatic rings. The molecule has 0 saturated carbocycles. The van der Waals surface area contributed by atoms with E-state index >= 15 is 0 Å². The van der Waals surface area contributed by atoms with Gasteiger partial charge in [0.15, 0.2) is 9.84 Å². The monoisotopic (exact) mass is 189 g/mol. The highest BCUT2D eigenvalue weighted by Crippen LogP contribution is 2.17. The van der Waals surface area contributed by atoms with Crippen LogP contribution in [0.15, 0.2) is 0 Å². The van der Waals surface area contributed by atoms with Gasteiger partial charge in [-0.25, -0.2) is 8.42 Å². The summed E-state index contributed by atoms with van der Waals surface area (Å²) in [5.74, 6) is -2.25. The summed E-state index contributed by atoms with van der Waals surface area (Å²) in [6.45, 7) is 1.40. The summed E-state index contributed by atoms with van der Waals surface area (Å²) in [6, 6.07) is 0. The van der Waals surface area contributed by atoms with Gasteiger partial charge in [0.2, 0.25) is 0 Å². The van der Waals surface area contributed by atoms with Crippen molar-refractivity contribution in [3.8, 4) is 0 Å². The van der Waals surface area contributed by atoms with Crippen LogP contribution in [-0.4, -0.2) is 26.1 Å². The highest BCUT2D eigenvalue weighted by atomic mass is 32.2. The molecule has 0 bridgehead atoms. The normalized spacial score (nSPS) is 13.5. The van der Waals surface area contributed by atoms with E-state index in [1.54, 1.807) is 0 Å². The molecule has 0 aliphatic rings. The first-order chi connectivity index (χ1) is 4.77. The molecule has 67 valence electrons. The molecule has 0 amide bonds. The standard InChI is InChI=1S/C5H8F3O2S/c1-2-3-11(9,10)4-5(6,7)8/h2H,3-4H2,1H3. The minimum Gasteiger partial charge on any atom is -0.228 e. The molecular weight excluding hydrogens is 181 g/mol. The van der Waals surface area contributed by atoms with Crippen molar-refractivity contribution in [2.24, 2.45) is 0 Å². The first kappa shape index (κ1) is 10.7. The van der Waals surface area contributed by atoms with Gasteiger partial charge in [-0.1, -0.05) is 6.92 Å². The van der Waals surface area contributed by atoms with E-state index in [1.165, 1.54) is 13.3 Å². The molecule has 6 heteroatoms. The number of hydrogen-bond acceptors (Lipinski definition) is 2. The molecule has 0 fully saturated rings. The molecule has 0 aliphatic heterocycles. The van der Waals surface area contributed by atoms with Crippen LogP contribution in [-0.2, 0) is 9.84 Å². The second-order valence-corrected chi connectivity index (χ2v) is 4.19. The third-order valence-corrected chi connectivity index (χ3v) is 2.41. The SMILES string of the molecule is C[CH]CS(=O)(=O)CC(F)(F)F. The maximum Gasteiger partial charge on any atom is 0.402 e. The molecule has 11 heavy (non-hydrogen) atoms. The number of rotatable bonds is 3. The maximum absolute atomic E-state index is 11.5. The number of sulfone groups is 1. The second kappa shape index (κ2) is 3.42. The third kappa shape index (κ3) is 6.15. The predicted molar refractivity (Wildman–Crippen MR) is 34.7 cm³/mol. The molecule has 0 saturated heterocycles. The van der Waals surface area contributed by atoms with Crippen LogP contribution >= 0.6 is 0 Å². The quantitative estimate of drug-likeness (QED) is 0.668. The van der Waals surface area contributed by atoms with Crippen LogP contribution in [0.1, 0.15) is 6.92 Å². The Hall–Kier alpha value is -0.260. The van der Waals surface area contributed by atoms with E-state index in [2.05, 4.69) is 0 Å². The lowest BCUT2D eigenvalue weighted by Crippen LogP contribution is -2.24. The van der Waals surface area contributed by atoms with Crippen LogP contribution in [0, 0.1) is 6.42 Å². The van der Waals surface area contributed by atoms with Gasteiger partial charge in [0, 0.05) is 0 Å². The smallest absolute Gasteiger partial charge is 0.228 e. The van der Waals surface area contributed by atoms with E-state index in [0.717, 1.165) is 0 Å². The fourth-order valence-corrected chi connectivity index (χ4v) is 1.69. The molecule has 0 rings (SSSR count). The Kier molecular flexibility index (Phi) is 3.34. The van der Waals surface area contributed by atoms with Crippen LogP contribution in [0.25, 0.3) is 0 Å². The Balaban J connectivity index is 4.15. The maximum atomic E-state index is 11.5. The molecule has 0 aromatic carbocycles. The Morgan fingerprint density at radius 1 is 1.36 bits per heavy atom. The number of hydrogen-bond donors (Lipinski definition) is 0. The summed E-state index contributed by atoms with van der Waals surface area (Å²) in [5, 5.41) is 0. The summed E-state index contributed by atoms with van der Waals surface area (Å²) in [5.41, 5.74) is 0. The molecule has 0 aliphatic carbocycles. The summed E-state index contributed by atoms with van der Waals surface area (Å²) in [4.78, 5) is 0. The van der Waals surface area contributed by atoms with Crippen molar-refractivity contribution in [3.05, 3.63) is 6.42 Å². The van der Waals surface area contributed by atoms with Crippen molar-refractivity contribution < 1.29 is 21.6 Å². The van der Waals surface area contributed by atoms with Gasteiger partial charge < -0.3 is 0 Å².